The van der Waals surface area contributed by atoms with Crippen molar-refractivity contribution in [3.8, 4) is 45.6 Å². The predicted molar refractivity (Wildman–Crippen MR) is 189 cm³/mol. The van der Waals surface area contributed by atoms with Gasteiger partial charge in [-0.3, -0.25) is 0 Å². The number of benzene rings is 6. The molecule has 0 aliphatic heterocycles. The van der Waals surface area contributed by atoms with Gasteiger partial charge < -0.3 is 8.83 Å². The molecule has 0 saturated carbocycles. The molecule has 10 rings (SSSR count). The number of furan rings is 1. The van der Waals surface area contributed by atoms with E-state index in [1.807, 2.05) is 97.1 Å². The van der Waals surface area contributed by atoms with Crippen LogP contribution in [0, 0.1) is 0 Å². The van der Waals surface area contributed by atoms with Gasteiger partial charge in [0.25, 0.3) is 0 Å². The Morgan fingerprint density at radius 1 is 0.447 bits per heavy atom. The van der Waals surface area contributed by atoms with Crippen molar-refractivity contribution in [2.45, 2.75) is 0 Å². The summed E-state index contributed by atoms with van der Waals surface area (Å²) >= 11 is 1.72. The maximum Gasteiger partial charge on any atom is 0.228 e. The van der Waals surface area contributed by atoms with E-state index in [4.69, 9.17) is 28.8 Å². The first-order valence-electron chi connectivity index (χ1n) is 15.3. The third-order valence-electron chi connectivity index (χ3n) is 8.58. The Morgan fingerprint density at radius 3 is 1.85 bits per heavy atom. The standard InChI is InChI=1S/C40H22N4O2S/c1-3-12-23(13-4-1)37-42-38(24-14-5-2-6-15-24)44-39(43-37)35-34-26-17-8-10-21-31(26)47-32(34)22-30-36(35)41-40(46-30)27-18-11-20-29-33(27)25-16-7-9-19-28(25)45-29/h1-22H. The monoisotopic (exact) mass is 622 g/mol. The van der Waals surface area contributed by atoms with Crippen LogP contribution in [-0.2, 0) is 0 Å². The molecule has 6 nitrogen and oxygen atoms in total. The van der Waals surface area contributed by atoms with Crippen molar-refractivity contribution in [2.24, 2.45) is 0 Å². The highest BCUT2D eigenvalue weighted by Gasteiger charge is 2.24. The molecular weight excluding hydrogens is 601 g/mol. The normalized spacial score (nSPS) is 11.8. The molecule has 6 aromatic carbocycles. The van der Waals surface area contributed by atoms with Crippen LogP contribution in [0.2, 0.25) is 0 Å². The molecule has 0 amide bonds. The predicted octanol–water partition coefficient (Wildman–Crippen LogP) is 10.9. The van der Waals surface area contributed by atoms with Crippen molar-refractivity contribution in [3.63, 3.8) is 0 Å². The van der Waals surface area contributed by atoms with Crippen molar-refractivity contribution in [1.29, 1.82) is 0 Å². The summed E-state index contributed by atoms with van der Waals surface area (Å²) in [5.74, 6) is 2.25. The van der Waals surface area contributed by atoms with Gasteiger partial charge in [-0.2, -0.15) is 0 Å². The molecule has 7 heteroatoms. The van der Waals surface area contributed by atoms with Crippen molar-refractivity contribution in [2.75, 3.05) is 0 Å². The molecule has 0 unspecified atom stereocenters. The van der Waals surface area contributed by atoms with Crippen LogP contribution >= 0.6 is 11.3 Å². The average Bonchev–Trinajstić information content (AvgIpc) is 3.84. The lowest BCUT2D eigenvalue weighted by atomic mass is 10.0. The smallest absolute Gasteiger partial charge is 0.228 e. The minimum absolute atomic E-state index is 0.515. The Hall–Kier alpha value is -6.18. The van der Waals surface area contributed by atoms with Gasteiger partial charge in [0.15, 0.2) is 23.1 Å². The molecule has 0 radical (unpaired) electrons. The summed E-state index contributed by atoms with van der Waals surface area (Å²) in [7, 11) is 0. The van der Waals surface area contributed by atoms with E-state index >= 15 is 0 Å². The number of nitrogens with zero attached hydrogens (tertiary/aromatic N) is 4. The first kappa shape index (κ1) is 26.1. The summed E-state index contributed by atoms with van der Waals surface area (Å²) in [6, 6.07) is 44.6. The highest BCUT2D eigenvalue weighted by molar-refractivity contribution is 7.26. The molecule has 0 fully saturated rings. The number of fused-ring (bicyclic) bond motifs is 7. The summed E-state index contributed by atoms with van der Waals surface area (Å²) in [4.78, 5) is 20.5. The third kappa shape index (κ3) is 4.10. The summed E-state index contributed by atoms with van der Waals surface area (Å²) in [5.41, 5.74) is 6.49. The number of thiophene rings is 1. The molecule has 47 heavy (non-hydrogen) atoms. The zero-order valence-electron chi connectivity index (χ0n) is 24.7. The molecule has 0 saturated heterocycles. The molecule has 0 bridgehead atoms. The fourth-order valence-corrected chi connectivity index (χ4v) is 7.62. The van der Waals surface area contributed by atoms with Gasteiger partial charge in [0, 0.05) is 53.7 Å². The van der Waals surface area contributed by atoms with Crippen LogP contribution in [-0.4, -0.2) is 19.9 Å². The number of oxazole rings is 1. The minimum Gasteiger partial charge on any atom is -0.456 e. The van der Waals surface area contributed by atoms with Crippen LogP contribution < -0.4 is 0 Å². The Labute approximate surface area is 271 Å². The van der Waals surface area contributed by atoms with Crippen LogP contribution in [0.3, 0.4) is 0 Å². The second-order valence-electron chi connectivity index (χ2n) is 11.4. The molecule has 0 N–H and O–H groups in total. The fourth-order valence-electron chi connectivity index (χ4n) is 6.48. The number of hydrogen-bond donors (Lipinski definition) is 0. The first-order chi connectivity index (χ1) is 23.3. The van der Waals surface area contributed by atoms with Gasteiger partial charge in [-0.05, 0) is 24.3 Å². The van der Waals surface area contributed by atoms with E-state index in [0.717, 1.165) is 59.7 Å². The highest BCUT2D eigenvalue weighted by atomic mass is 32.1. The van der Waals surface area contributed by atoms with Crippen molar-refractivity contribution in [1.82, 2.24) is 19.9 Å². The van der Waals surface area contributed by atoms with Gasteiger partial charge in [0.05, 0.1) is 5.56 Å². The fraction of sp³-hybridized carbons (Fsp3) is 0. The topological polar surface area (TPSA) is 77.8 Å². The van der Waals surface area contributed by atoms with E-state index in [2.05, 4.69) is 36.4 Å². The van der Waals surface area contributed by atoms with Gasteiger partial charge in [0.2, 0.25) is 5.89 Å². The van der Waals surface area contributed by atoms with E-state index in [-0.39, 0.29) is 0 Å². The minimum atomic E-state index is 0.515. The van der Waals surface area contributed by atoms with Crippen molar-refractivity contribution in [3.05, 3.63) is 133 Å². The molecule has 220 valence electrons. The molecule has 0 aliphatic carbocycles. The molecule has 0 aliphatic rings. The number of hydrogen-bond acceptors (Lipinski definition) is 7. The summed E-state index contributed by atoms with van der Waals surface area (Å²) in [5, 5.41) is 4.17. The maximum absolute atomic E-state index is 6.66. The van der Waals surface area contributed by atoms with Crippen LogP contribution in [0.4, 0.5) is 0 Å². The Morgan fingerprint density at radius 2 is 1.09 bits per heavy atom. The quantitative estimate of drug-likeness (QED) is 0.194. The number of para-hydroxylation sites is 1. The lowest BCUT2D eigenvalue weighted by molar-refractivity contribution is 0.620. The van der Waals surface area contributed by atoms with Gasteiger partial charge in [-0.15, -0.1) is 11.3 Å². The van der Waals surface area contributed by atoms with Crippen LogP contribution in [0.25, 0.3) is 98.8 Å². The van der Waals surface area contributed by atoms with E-state index in [0.29, 0.717) is 34.5 Å². The second-order valence-corrected chi connectivity index (χ2v) is 12.5. The van der Waals surface area contributed by atoms with Gasteiger partial charge in [0.1, 0.15) is 16.7 Å². The molecule has 0 atom stereocenters. The maximum atomic E-state index is 6.66. The van der Waals surface area contributed by atoms with E-state index in [1.54, 1.807) is 11.3 Å². The van der Waals surface area contributed by atoms with Gasteiger partial charge in [-0.1, -0.05) is 103 Å². The summed E-state index contributed by atoms with van der Waals surface area (Å²) in [6.45, 7) is 0. The largest absolute Gasteiger partial charge is 0.456 e. The number of rotatable bonds is 4. The van der Waals surface area contributed by atoms with Crippen molar-refractivity contribution >= 4 is 64.5 Å². The SMILES string of the molecule is c1ccc(-c2nc(-c3ccccc3)nc(-c3c4nc(-c5cccc6oc7ccccc7c56)oc4cc4sc5ccccc5c34)n2)cc1. The van der Waals surface area contributed by atoms with E-state index in [1.165, 1.54) is 4.70 Å². The summed E-state index contributed by atoms with van der Waals surface area (Å²) < 4.78 is 15.1. The zero-order valence-corrected chi connectivity index (χ0v) is 25.5. The van der Waals surface area contributed by atoms with Crippen LogP contribution in [0.5, 0.6) is 0 Å². The molecule has 4 heterocycles. The Balaban J connectivity index is 1.31. The third-order valence-corrected chi connectivity index (χ3v) is 9.70. The van der Waals surface area contributed by atoms with Crippen LogP contribution in [0.15, 0.2) is 142 Å². The molecule has 4 aromatic heterocycles. The lowest BCUT2D eigenvalue weighted by Crippen LogP contribution is -2.01. The molecule has 0 spiro atoms. The molecular formula is C40H22N4O2S. The molecule has 10 aromatic rings. The lowest BCUT2D eigenvalue weighted by Gasteiger charge is -2.10. The van der Waals surface area contributed by atoms with E-state index < -0.39 is 0 Å². The zero-order chi connectivity index (χ0) is 30.9. The summed E-state index contributed by atoms with van der Waals surface area (Å²) in [6.07, 6.45) is 0. The Bertz CT molecular complexity index is 2740. The van der Waals surface area contributed by atoms with Gasteiger partial charge >= 0.3 is 0 Å². The Kier molecular flexibility index (Phi) is 5.64. The second kappa shape index (κ2) is 10.2. The average molecular weight is 623 g/mol. The number of aromatic nitrogens is 4. The van der Waals surface area contributed by atoms with Crippen molar-refractivity contribution < 1.29 is 8.83 Å². The van der Waals surface area contributed by atoms with Crippen LogP contribution in [0.1, 0.15) is 0 Å². The first-order valence-corrected chi connectivity index (χ1v) is 16.1. The van der Waals surface area contributed by atoms with Gasteiger partial charge in [-0.25, -0.2) is 19.9 Å². The van der Waals surface area contributed by atoms with E-state index in [9.17, 15) is 0 Å². The highest BCUT2D eigenvalue weighted by Crippen LogP contribution is 2.45.